The third-order valence-corrected chi connectivity index (χ3v) is 8.53. The lowest BCUT2D eigenvalue weighted by Crippen LogP contribution is -2.42. The zero-order valence-electron chi connectivity index (χ0n) is 24.5. The largest absolute Gasteiger partial charge is 0.381 e. The summed E-state index contributed by atoms with van der Waals surface area (Å²) in [6, 6.07) is 12.8. The summed E-state index contributed by atoms with van der Waals surface area (Å²) in [5.74, 6) is 0. The monoisotopic (exact) mass is 616 g/mol. The van der Waals surface area contributed by atoms with Gasteiger partial charge in [0.05, 0.1) is 68.1 Å². The highest BCUT2D eigenvalue weighted by Crippen LogP contribution is 2.22. The van der Waals surface area contributed by atoms with E-state index in [1.807, 2.05) is 27.7 Å². The number of aryl methyl sites for hydroxylation is 2. The first-order valence-corrected chi connectivity index (χ1v) is 16.6. The van der Waals surface area contributed by atoms with E-state index in [-0.39, 0.29) is 62.6 Å². The molecule has 0 aromatic heterocycles. The summed E-state index contributed by atoms with van der Waals surface area (Å²) in [5, 5.41) is 0. The molecule has 0 aliphatic carbocycles. The minimum atomic E-state index is -3.90. The maximum Gasteiger partial charge on any atom is 0.297 e. The van der Waals surface area contributed by atoms with E-state index in [9.17, 15) is 16.8 Å². The predicted molar refractivity (Wildman–Crippen MR) is 155 cm³/mol. The Hall–Kier alpha value is -1.90. The zero-order chi connectivity index (χ0) is 30.2. The fraction of sp³-hybridized carbons (Fsp3) is 0.586. The molecule has 0 amide bonds. The number of benzene rings is 2. The number of hydrogen-bond donors (Lipinski definition) is 0. The minimum Gasteiger partial charge on any atom is -0.381 e. The average molecular weight is 617 g/mol. The normalized spacial score (nSPS) is 12.6. The highest BCUT2D eigenvalue weighted by atomic mass is 32.2. The van der Waals surface area contributed by atoms with E-state index >= 15 is 0 Å². The molecule has 0 unspecified atom stereocenters. The van der Waals surface area contributed by atoms with Gasteiger partial charge in [-0.2, -0.15) is 16.8 Å². The van der Waals surface area contributed by atoms with Crippen molar-refractivity contribution in [1.29, 1.82) is 0 Å². The van der Waals surface area contributed by atoms with Crippen LogP contribution in [0.5, 0.6) is 0 Å². The van der Waals surface area contributed by atoms with E-state index in [0.717, 1.165) is 24.0 Å². The summed E-state index contributed by atoms with van der Waals surface area (Å²) >= 11 is 0. The Bertz CT molecular complexity index is 1110. The molecule has 41 heavy (non-hydrogen) atoms. The quantitative estimate of drug-likeness (QED) is 0.140. The van der Waals surface area contributed by atoms with Crippen molar-refractivity contribution in [2.75, 3.05) is 66.1 Å². The van der Waals surface area contributed by atoms with E-state index < -0.39 is 25.7 Å². The molecule has 0 aliphatic rings. The Morgan fingerprint density at radius 2 is 0.829 bits per heavy atom. The first-order valence-electron chi connectivity index (χ1n) is 13.8. The summed E-state index contributed by atoms with van der Waals surface area (Å²) in [4.78, 5) is 0.164. The van der Waals surface area contributed by atoms with Gasteiger partial charge in [0.2, 0.25) is 0 Å². The summed E-state index contributed by atoms with van der Waals surface area (Å²) in [7, 11) is -7.80. The maximum absolute atomic E-state index is 12.4. The molecule has 0 aliphatic heterocycles. The number of ether oxygens (including phenoxy) is 4. The van der Waals surface area contributed by atoms with Crippen LogP contribution in [-0.2, 0) is 47.5 Å². The molecule has 0 N–H and O–H groups in total. The van der Waals surface area contributed by atoms with Crippen LogP contribution in [0, 0.1) is 19.3 Å². The fourth-order valence-corrected chi connectivity index (χ4v) is 5.43. The Morgan fingerprint density at radius 1 is 0.512 bits per heavy atom. The predicted octanol–water partition coefficient (Wildman–Crippen LogP) is 4.29. The van der Waals surface area contributed by atoms with Crippen LogP contribution < -0.4 is 0 Å². The lowest BCUT2D eigenvalue weighted by atomic mass is 9.92. The van der Waals surface area contributed by atoms with Crippen molar-refractivity contribution in [3.8, 4) is 0 Å². The topological polar surface area (TPSA) is 124 Å². The Balaban J connectivity index is 1.93. The van der Waals surface area contributed by atoms with Gasteiger partial charge in [-0.3, -0.25) is 8.37 Å². The lowest BCUT2D eigenvalue weighted by molar-refractivity contribution is -0.110. The van der Waals surface area contributed by atoms with Gasteiger partial charge in [0, 0.05) is 13.2 Å². The van der Waals surface area contributed by atoms with Crippen LogP contribution in [0.3, 0.4) is 0 Å². The van der Waals surface area contributed by atoms with Crippen molar-refractivity contribution >= 4 is 20.2 Å². The molecule has 2 rings (SSSR count). The van der Waals surface area contributed by atoms with Crippen LogP contribution in [0.25, 0.3) is 0 Å². The molecule has 2 aromatic rings. The van der Waals surface area contributed by atoms with Gasteiger partial charge >= 0.3 is 0 Å². The molecule has 0 bridgehead atoms. The summed E-state index contributed by atoms with van der Waals surface area (Å²) in [6.07, 6.45) is 1.64. The van der Waals surface area contributed by atoms with Gasteiger partial charge in [-0.05, 0) is 51.0 Å². The fourth-order valence-electron chi connectivity index (χ4n) is 3.64. The summed E-state index contributed by atoms with van der Waals surface area (Å²) in [5.41, 5.74) is 1.18. The molecule has 232 valence electrons. The van der Waals surface area contributed by atoms with Gasteiger partial charge in [-0.25, -0.2) is 0 Å². The molecule has 0 atom stereocenters. The second-order valence-corrected chi connectivity index (χ2v) is 13.1. The van der Waals surface area contributed by atoms with Gasteiger partial charge in [0.15, 0.2) is 0 Å². The van der Waals surface area contributed by atoms with Crippen LogP contribution in [0.1, 0.15) is 37.8 Å². The standard InChI is InChI=1S/C29H44O10S2/c1-5-15-34-21-29(22-35-16-6-2,23-36-17-19-38-40(30,31)27-11-7-25(3)8-12-27)24-37-18-20-39-41(32,33)28-13-9-26(4)10-14-28/h7-14H,5-6,15-24H2,1-4H3. The van der Waals surface area contributed by atoms with Crippen molar-refractivity contribution < 1.29 is 44.1 Å². The van der Waals surface area contributed by atoms with Crippen LogP contribution in [0.2, 0.25) is 0 Å². The second kappa shape index (κ2) is 17.9. The average Bonchev–Trinajstić information content (AvgIpc) is 2.93. The summed E-state index contributed by atoms with van der Waals surface area (Å²) in [6.45, 7) is 9.37. The first kappa shape index (κ1) is 35.3. The van der Waals surface area contributed by atoms with Gasteiger partial charge in [0.1, 0.15) is 0 Å². The molecule has 0 spiro atoms. The van der Waals surface area contributed by atoms with E-state index in [2.05, 4.69) is 0 Å². The third-order valence-electron chi connectivity index (χ3n) is 5.88. The Kier molecular flexibility index (Phi) is 15.4. The zero-order valence-corrected chi connectivity index (χ0v) is 26.1. The van der Waals surface area contributed by atoms with Crippen molar-refractivity contribution in [3.63, 3.8) is 0 Å². The van der Waals surface area contributed by atoms with Gasteiger partial charge < -0.3 is 18.9 Å². The van der Waals surface area contributed by atoms with Crippen molar-refractivity contribution in [2.24, 2.45) is 5.41 Å². The van der Waals surface area contributed by atoms with E-state index in [0.29, 0.717) is 13.2 Å². The highest BCUT2D eigenvalue weighted by Gasteiger charge is 2.32. The molecule has 2 aromatic carbocycles. The van der Waals surface area contributed by atoms with Crippen LogP contribution >= 0.6 is 0 Å². The van der Waals surface area contributed by atoms with Crippen LogP contribution in [0.4, 0.5) is 0 Å². The molecule has 0 saturated heterocycles. The van der Waals surface area contributed by atoms with Crippen LogP contribution in [-0.4, -0.2) is 82.9 Å². The van der Waals surface area contributed by atoms with E-state index in [4.69, 9.17) is 27.3 Å². The Labute approximate surface area is 245 Å². The molecular formula is C29H44O10S2. The molecule has 0 fully saturated rings. The van der Waals surface area contributed by atoms with Crippen molar-refractivity contribution in [1.82, 2.24) is 0 Å². The lowest BCUT2D eigenvalue weighted by Gasteiger charge is -2.33. The van der Waals surface area contributed by atoms with Gasteiger partial charge in [-0.1, -0.05) is 49.2 Å². The number of rotatable bonds is 22. The van der Waals surface area contributed by atoms with Gasteiger partial charge in [0.25, 0.3) is 20.2 Å². The second-order valence-electron chi connectivity index (χ2n) is 9.89. The molecular weight excluding hydrogens is 572 g/mol. The Morgan fingerprint density at radius 3 is 1.15 bits per heavy atom. The third kappa shape index (κ3) is 12.9. The maximum atomic E-state index is 12.4. The molecule has 0 radical (unpaired) electrons. The molecule has 0 heterocycles. The smallest absolute Gasteiger partial charge is 0.297 e. The summed E-state index contributed by atoms with van der Waals surface area (Å²) < 4.78 is 83.4. The number of hydrogen-bond acceptors (Lipinski definition) is 10. The molecule has 10 nitrogen and oxygen atoms in total. The van der Waals surface area contributed by atoms with Crippen LogP contribution in [0.15, 0.2) is 58.3 Å². The highest BCUT2D eigenvalue weighted by molar-refractivity contribution is 7.87. The first-order chi connectivity index (χ1) is 19.5. The van der Waals surface area contributed by atoms with E-state index in [1.54, 1.807) is 24.3 Å². The van der Waals surface area contributed by atoms with E-state index in [1.165, 1.54) is 24.3 Å². The SMILES string of the molecule is CCCOCC(COCCC)(COCCOS(=O)(=O)c1ccc(C)cc1)COCCOS(=O)(=O)c1ccc(C)cc1. The van der Waals surface area contributed by atoms with Gasteiger partial charge in [-0.15, -0.1) is 0 Å². The van der Waals surface area contributed by atoms with Crippen molar-refractivity contribution in [3.05, 3.63) is 59.7 Å². The van der Waals surface area contributed by atoms with Crippen molar-refractivity contribution in [2.45, 2.75) is 50.3 Å². The molecule has 0 saturated carbocycles. The molecule has 12 heteroatoms. The minimum absolute atomic E-state index is 0.0201.